The Labute approximate surface area is 230 Å². The lowest BCUT2D eigenvalue weighted by Crippen LogP contribution is -2.27. The Bertz CT molecular complexity index is 945. The molecule has 0 aromatic heterocycles. The maximum Gasteiger partial charge on any atom is 0.161 e. The van der Waals surface area contributed by atoms with Gasteiger partial charge in [0.15, 0.2) is 11.5 Å². The molecular weight excluding hydrogens is 516 g/mol. The average molecular weight is 565 g/mol. The molecule has 2 aromatic carbocycles. The molecule has 2 atom stereocenters. The lowest BCUT2D eigenvalue weighted by molar-refractivity contribution is 0.0525. The van der Waals surface area contributed by atoms with E-state index in [1.165, 1.54) is 24.6 Å². The highest BCUT2D eigenvalue weighted by Gasteiger charge is 2.22. The third kappa shape index (κ3) is 12.3. The van der Waals surface area contributed by atoms with E-state index in [4.69, 9.17) is 24.4 Å². The van der Waals surface area contributed by atoms with Crippen molar-refractivity contribution in [3.63, 3.8) is 0 Å². The van der Waals surface area contributed by atoms with Crippen molar-refractivity contribution in [2.24, 2.45) is 0 Å². The van der Waals surface area contributed by atoms with Crippen LogP contribution in [0.2, 0.25) is 50.9 Å². The molecule has 0 spiro atoms. The Morgan fingerprint density at radius 1 is 0.658 bits per heavy atom. The molecule has 0 radical (unpaired) electrons. The third-order valence-electron chi connectivity index (χ3n) is 6.46. The maximum atomic E-state index is 9.74. The number of ether oxygens (including phenoxy) is 3. The SMILES string of the molecule is C[Si](C)(C)CCC[Si](C)(C)CCCOc1cc(-c2ccc(OCC(O)CO)cc2)ccc1OCC(O)CO. The van der Waals surface area contributed by atoms with Gasteiger partial charge in [0.05, 0.1) is 19.8 Å². The normalized spacial score (nSPS) is 13.7. The minimum Gasteiger partial charge on any atom is -0.491 e. The van der Waals surface area contributed by atoms with Gasteiger partial charge in [-0.1, -0.05) is 75.5 Å². The monoisotopic (exact) mass is 564 g/mol. The van der Waals surface area contributed by atoms with E-state index in [0.717, 1.165) is 17.5 Å². The molecule has 0 fully saturated rings. The molecule has 7 nitrogen and oxygen atoms in total. The van der Waals surface area contributed by atoms with E-state index < -0.39 is 28.4 Å². The van der Waals surface area contributed by atoms with E-state index >= 15 is 0 Å². The van der Waals surface area contributed by atoms with E-state index in [0.29, 0.717) is 23.9 Å². The molecule has 4 N–H and O–H groups in total. The molecule has 0 heterocycles. The van der Waals surface area contributed by atoms with Crippen LogP contribution in [-0.4, -0.2) is 81.8 Å². The number of hydrogen-bond donors (Lipinski definition) is 4. The second-order valence-electron chi connectivity index (χ2n) is 12.0. The van der Waals surface area contributed by atoms with Gasteiger partial charge in [-0.2, -0.15) is 0 Å². The van der Waals surface area contributed by atoms with Gasteiger partial charge in [0, 0.05) is 16.1 Å². The first-order valence-electron chi connectivity index (χ1n) is 13.6. The molecule has 38 heavy (non-hydrogen) atoms. The largest absolute Gasteiger partial charge is 0.491 e. The molecule has 0 amide bonds. The topological polar surface area (TPSA) is 109 Å². The van der Waals surface area contributed by atoms with Gasteiger partial charge < -0.3 is 34.6 Å². The van der Waals surface area contributed by atoms with Gasteiger partial charge in [0.1, 0.15) is 31.2 Å². The van der Waals surface area contributed by atoms with Crippen LogP contribution in [0.1, 0.15) is 12.8 Å². The fourth-order valence-corrected chi connectivity index (χ4v) is 8.18. The van der Waals surface area contributed by atoms with Gasteiger partial charge >= 0.3 is 0 Å². The van der Waals surface area contributed by atoms with E-state index in [2.05, 4.69) is 32.7 Å². The zero-order valence-electron chi connectivity index (χ0n) is 23.8. The number of aliphatic hydroxyl groups excluding tert-OH is 4. The highest BCUT2D eigenvalue weighted by Crippen LogP contribution is 2.34. The molecule has 0 aliphatic carbocycles. The van der Waals surface area contributed by atoms with Crippen LogP contribution < -0.4 is 14.2 Å². The number of hydrogen-bond acceptors (Lipinski definition) is 7. The van der Waals surface area contributed by atoms with Gasteiger partial charge in [-0.15, -0.1) is 0 Å². The summed E-state index contributed by atoms with van der Waals surface area (Å²) in [6, 6.07) is 17.1. The number of aliphatic hydroxyl groups is 4. The van der Waals surface area contributed by atoms with Crippen molar-refractivity contribution in [3.05, 3.63) is 42.5 Å². The van der Waals surface area contributed by atoms with Crippen molar-refractivity contribution in [1.29, 1.82) is 0 Å². The van der Waals surface area contributed by atoms with Crippen LogP contribution in [0, 0.1) is 0 Å². The standard InChI is InChI=1S/C29H48O7Si2/c1-37(2,3)15-7-17-38(4,5)16-6-14-34-29-18-24(10-13-28(29)36-22-26(33)20-31)23-8-11-27(12-9-23)35-21-25(32)19-30/h8-13,18,25-26,30-33H,6-7,14-17,19-22H2,1-5H3. The molecule has 2 aromatic rings. The minimum atomic E-state index is -1.27. The Morgan fingerprint density at radius 2 is 1.24 bits per heavy atom. The minimum absolute atomic E-state index is 0.0189. The first kappa shape index (κ1) is 32.3. The predicted octanol–water partition coefficient (Wildman–Crippen LogP) is 5.02. The Hall–Kier alpha value is -1.89. The molecule has 2 unspecified atom stereocenters. The third-order valence-corrected chi connectivity index (χ3v) is 11.7. The molecule has 0 aliphatic rings. The van der Waals surface area contributed by atoms with Gasteiger partial charge in [-0.25, -0.2) is 0 Å². The van der Waals surface area contributed by atoms with Crippen LogP contribution in [0.3, 0.4) is 0 Å². The van der Waals surface area contributed by atoms with Crippen LogP contribution in [0.15, 0.2) is 42.5 Å². The summed E-state index contributed by atoms with van der Waals surface area (Å²) in [5, 5.41) is 37.3. The molecule has 9 heteroatoms. The van der Waals surface area contributed by atoms with Crippen molar-refractivity contribution < 1.29 is 34.6 Å². The van der Waals surface area contributed by atoms with E-state index in [9.17, 15) is 10.2 Å². The first-order valence-corrected chi connectivity index (χ1v) is 20.8. The van der Waals surface area contributed by atoms with Crippen LogP contribution in [0.25, 0.3) is 11.1 Å². The van der Waals surface area contributed by atoms with Crippen molar-refractivity contribution in [1.82, 2.24) is 0 Å². The molecule has 0 saturated heterocycles. The Morgan fingerprint density at radius 3 is 1.84 bits per heavy atom. The smallest absolute Gasteiger partial charge is 0.161 e. The zero-order chi connectivity index (χ0) is 28.2. The molecule has 0 saturated carbocycles. The fraction of sp³-hybridized carbons (Fsp3) is 0.586. The number of benzene rings is 2. The summed E-state index contributed by atoms with van der Waals surface area (Å²) in [6.45, 7) is 12.2. The number of rotatable bonds is 18. The van der Waals surface area contributed by atoms with E-state index in [-0.39, 0.29) is 26.4 Å². The van der Waals surface area contributed by atoms with Crippen molar-refractivity contribution in [2.45, 2.75) is 75.9 Å². The summed E-state index contributed by atoms with van der Waals surface area (Å²) >= 11 is 0. The van der Waals surface area contributed by atoms with Crippen molar-refractivity contribution in [3.8, 4) is 28.4 Å². The summed E-state index contributed by atoms with van der Waals surface area (Å²) in [5.74, 6) is 1.75. The quantitative estimate of drug-likeness (QED) is 0.149. The Balaban J connectivity index is 2.04. The summed E-state index contributed by atoms with van der Waals surface area (Å²) < 4.78 is 17.5. The van der Waals surface area contributed by atoms with Gasteiger partial charge in [0.25, 0.3) is 0 Å². The fourth-order valence-electron chi connectivity index (χ4n) is 4.10. The van der Waals surface area contributed by atoms with Gasteiger partial charge in [0.2, 0.25) is 0 Å². The van der Waals surface area contributed by atoms with Crippen LogP contribution in [0.4, 0.5) is 0 Å². The molecular formula is C29H48O7Si2. The Kier molecular flexibility index (Phi) is 13.3. The van der Waals surface area contributed by atoms with E-state index in [1.54, 1.807) is 0 Å². The first-order chi connectivity index (χ1) is 17.9. The van der Waals surface area contributed by atoms with Crippen molar-refractivity contribution >= 4 is 16.1 Å². The lowest BCUT2D eigenvalue weighted by Gasteiger charge is -2.24. The molecule has 0 aliphatic heterocycles. The lowest BCUT2D eigenvalue weighted by atomic mass is 10.0. The predicted molar refractivity (Wildman–Crippen MR) is 159 cm³/mol. The van der Waals surface area contributed by atoms with Gasteiger partial charge in [-0.3, -0.25) is 0 Å². The van der Waals surface area contributed by atoms with Crippen LogP contribution in [0.5, 0.6) is 17.2 Å². The average Bonchev–Trinajstić information content (AvgIpc) is 2.88. The second-order valence-corrected chi connectivity index (χ2v) is 23.0. The summed E-state index contributed by atoms with van der Waals surface area (Å²) in [7, 11) is -2.25. The highest BCUT2D eigenvalue weighted by atomic mass is 28.3. The summed E-state index contributed by atoms with van der Waals surface area (Å²) in [5.41, 5.74) is 1.90. The maximum absolute atomic E-state index is 9.74. The molecule has 0 bridgehead atoms. The van der Waals surface area contributed by atoms with Gasteiger partial charge in [-0.05, 0) is 41.8 Å². The molecule has 2 rings (SSSR count). The van der Waals surface area contributed by atoms with Crippen LogP contribution >= 0.6 is 0 Å². The summed E-state index contributed by atoms with van der Waals surface area (Å²) in [4.78, 5) is 0. The molecule has 214 valence electrons. The van der Waals surface area contributed by atoms with Crippen LogP contribution in [-0.2, 0) is 0 Å². The summed E-state index contributed by atoms with van der Waals surface area (Å²) in [6.07, 6.45) is 0.461. The van der Waals surface area contributed by atoms with E-state index in [1.807, 2.05) is 42.5 Å². The zero-order valence-corrected chi connectivity index (χ0v) is 25.8. The highest BCUT2D eigenvalue weighted by molar-refractivity contribution is 6.78. The second kappa shape index (κ2) is 15.6. The van der Waals surface area contributed by atoms with Crippen molar-refractivity contribution in [2.75, 3.05) is 33.0 Å².